The van der Waals surface area contributed by atoms with Crippen molar-refractivity contribution in [1.82, 2.24) is 15.1 Å². The lowest BCUT2D eigenvalue weighted by Crippen LogP contribution is -2.24. The van der Waals surface area contributed by atoms with Crippen LogP contribution in [0.3, 0.4) is 0 Å². The molecule has 0 saturated carbocycles. The second-order valence-corrected chi connectivity index (χ2v) is 3.10. The van der Waals surface area contributed by atoms with E-state index in [4.69, 9.17) is 5.11 Å². The number of hydrogen-bond donors (Lipinski definition) is 2. The smallest absolute Gasteiger partial charge is 0.0627 e. The predicted molar refractivity (Wildman–Crippen MR) is 51.4 cm³/mol. The highest BCUT2D eigenvalue weighted by atomic mass is 16.3. The SMILES string of the molecule is CCNC(CO)c1cnn(C)c1C. The van der Waals surface area contributed by atoms with Gasteiger partial charge in [0.1, 0.15) is 0 Å². The van der Waals surface area contributed by atoms with E-state index in [0.717, 1.165) is 17.8 Å². The van der Waals surface area contributed by atoms with E-state index in [1.54, 1.807) is 6.20 Å². The monoisotopic (exact) mass is 183 g/mol. The normalized spacial score (nSPS) is 13.2. The Labute approximate surface area is 78.6 Å². The number of hydrogen-bond acceptors (Lipinski definition) is 3. The van der Waals surface area contributed by atoms with E-state index in [-0.39, 0.29) is 12.6 Å². The summed E-state index contributed by atoms with van der Waals surface area (Å²) in [4.78, 5) is 0. The van der Waals surface area contributed by atoms with E-state index < -0.39 is 0 Å². The van der Waals surface area contributed by atoms with Gasteiger partial charge in [-0.15, -0.1) is 0 Å². The van der Waals surface area contributed by atoms with Gasteiger partial charge < -0.3 is 10.4 Å². The molecule has 1 aromatic heterocycles. The maximum atomic E-state index is 9.14. The number of aromatic nitrogens is 2. The molecule has 13 heavy (non-hydrogen) atoms. The first-order valence-electron chi connectivity index (χ1n) is 4.53. The van der Waals surface area contributed by atoms with Crippen molar-refractivity contribution in [3.8, 4) is 0 Å². The third-order valence-corrected chi connectivity index (χ3v) is 2.28. The van der Waals surface area contributed by atoms with Crippen molar-refractivity contribution in [2.24, 2.45) is 7.05 Å². The highest BCUT2D eigenvalue weighted by molar-refractivity contribution is 5.20. The summed E-state index contributed by atoms with van der Waals surface area (Å²) in [5.41, 5.74) is 2.17. The maximum absolute atomic E-state index is 9.14. The van der Waals surface area contributed by atoms with Crippen molar-refractivity contribution in [2.45, 2.75) is 19.9 Å². The van der Waals surface area contributed by atoms with Crippen LogP contribution in [0.15, 0.2) is 6.20 Å². The molecule has 0 fully saturated rings. The van der Waals surface area contributed by atoms with Crippen LogP contribution in [0, 0.1) is 6.92 Å². The first-order chi connectivity index (χ1) is 6.20. The van der Waals surface area contributed by atoms with Crippen LogP contribution in [0.25, 0.3) is 0 Å². The van der Waals surface area contributed by atoms with Crippen molar-refractivity contribution in [1.29, 1.82) is 0 Å². The molecule has 0 aliphatic carbocycles. The average molecular weight is 183 g/mol. The Morgan fingerprint density at radius 1 is 1.69 bits per heavy atom. The largest absolute Gasteiger partial charge is 0.394 e. The number of nitrogens with one attached hydrogen (secondary N) is 1. The summed E-state index contributed by atoms with van der Waals surface area (Å²) in [6, 6.07) is 0.0127. The van der Waals surface area contributed by atoms with Gasteiger partial charge in [-0.2, -0.15) is 5.10 Å². The third-order valence-electron chi connectivity index (χ3n) is 2.28. The molecule has 1 atom stereocenters. The molecule has 4 nitrogen and oxygen atoms in total. The highest BCUT2D eigenvalue weighted by Gasteiger charge is 2.13. The Kier molecular flexibility index (Phi) is 3.45. The molecule has 0 aromatic carbocycles. The molecule has 0 aliphatic rings. The fourth-order valence-electron chi connectivity index (χ4n) is 1.38. The molecular formula is C9H17N3O. The van der Waals surface area contributed by atoms with Gasteiger partial charge in [-0.3, -0.25) is 4.68 Å². The number of likely N-dealkylation sites (N-methyl/N-ethyl adjacent to an activating group) is 1. The fraction of sp³-hybridized carbons (Fsp3) is 0.667. The molecule has 74 valence electrons. The van der Waals surface area contributed by atoms with Crippen molar-refractivity contribution < 1.29 is 5.11 Å². The van der Waals surface area contributed by atoms with Gasteiger partial charge in [0.2, 0.25) is 0 Å². The second kappa shape index (κ2) is 4.39. The van der Waals surface area contributed by atoms with E-state index in [1.165, 1.54) is 0 Å². The maximum Gasteiger partial charge on any atom is 0.0627 e. The minimum Gasteiger partial charge on any atom is -0.394 e. The number of aliphatic hydroxyl groups is 1. The molecule has 0 radical (unpaired) electrons. The van der Waals surface area contributed by atoms with Gasteiger partial charge in [0, 0.05) is 18.3 Å². The first-order valence-corrected chi connectivity index (χ1v) is 4.53. The standard InChI is InChI=1S/C9H17N3O/c1-4-10-9(6-13)8-5-11-12(3)7(8)2/h5,9-10,13H,4,6H2,1-3H3. The summed E-state index contributed by atoms with van der Waals surface area (Å²) in [7, 11) is 1.90. The molecule has 1 heterocycles. The second-order valence-electron chi connectivity index (χ2n) is 3.10. The summed E-state index contributed by atoms with van der Waals surface area (Å²) in [5.74, 6) is 0. The van der Waals surface area contributed by atoms with Crippen molar-refractivity contribution in [3.05, 3.63) is 17.5 Å². The summed E-state index contributed by atoms with van der Waals surface area (Å²) in [6.45, 7) is 4.98. The van der Waals surface area contributed by atoms with Crippen molar-refractivity contribution >= 4 is 0 Å². The van der Waals surface area contributed by atoms with Gasteiger partial charge in [-0.25, -0.2) is 0 Å². The minimum absolute atomic E-state index is 0.0127. The molecule has 0 amide bonds. The van der Waals surface area contributed by atoms with Crippen molar-refractivity contribution in [2.75, 3.05) is 13.2 Å². The third kappa shape index (κ3) is 2.08. The Balaban J connectivity index is 2.84. The van der Waals surface area contributed by atoms with Gasteiger partial charge in [0.15, 0.2) is 0 Å². The van der Waals surface area contributed by atoms with Crippen LogP contribution in [0.4, 0.5) is 0 Å². The lowest BCUT2D eigenvalue weighted by atomic mass is 10.1. The molecule has 0 bridgehead atoms. The molecule has 1 rings (SSSR count). The molecule has 0 spiro atoms. The van der Waals surface area contributed by atoms with Gasteiger partial charge in [0.25, 0.3) is 0 Å². The number of aryl methyl sites for hydroxylation is 1. The zero-order valence-electron chi connectivity index (χ0n) is 8.41. The Bertz CT molecular complexity index is 270. The van der Waals surface area contributed by atoms with E-state index in [2.05, 4.69) is 10.4 Å². The Morgan fingerprint density at radius 2 is 2.38 bits per heavy atom. The van der Waals surface area contributed by atoms with Gasteiger partial charge in [0.05, 0.1) is 18.8 Å². The zero-order chi connectivity index (χ0) is 9.84. The minimum atomic E-state index is 0.0127. The van der Waals surface area contributed by atoms with Crippen LogP contribution >= 0.6 is 0 Å². The molecule has 1 aromatic rings. The Hall–Kier alpha value is -0.870. The summed E-state index contributed by atoms with van der Waals surface area (Å²) in [5, 5.41) is 16.5. The van der Waals surface area contributed by atoms with Crippen LogP contribution < -0.4 is 5.32 Å². The number of nitrogens with zero attached hydrogens (tertiary/aromatic N) is 2. The first kappa shape index (κ1) is 10.2. The van der Waals surface area contributed by atoms with Crippen LogP contribution in [0.2, 0.25) is 0 Å². The average Bonchev–Trinajstić information content (AvgIpc) is 2.45. The molecule has 0 saturated heterocycles. The van der Waals surface area contributed by atoms with E-state index in [0.29, 0.717) is 0 Å². The van der Waals surface area contributed by atoms with Crippen LogP contribution in [0.1, 0.15) is 24.2 Å². The predicted octanol–water partition coefficient (Wildman–Crippen LogP) is 0.371. The quantitative estimate of drug-likeness (QED) is 0.709. The summed E-state index contributed by atoms with van der Waals surface area (Å²) >= 11 is 0. The van der Waals surface area contributed by atoms with Crippen LogP contribution in [-0.4, -0.2) is 28.0 Å². The topological polar surface area (TPSA) is 50.1 Å². The molecule has 0 aliphatic heterocycles. The van der Waals surface area contributed by atoms with Gasteiger partial charge in [-0.1, -0.05) is 6.92 Å². The molecule has 2 N–H and O–H groups in total. The van der Waals surface area contributed by atoms with Gasteiger partial charge in [-0.05, 0) is 13.5 Å². The zero-order valence-corrected chi connectivity index (χ0v) is 8.41. The number of rotatable bonds is 4. The Morgan fingerprint density at radius 3 is 2.77 bits per heavy atom. The van der Waals surface area contributed by atoms with Crippen LogP contribution in [-0.2, 0) is 7.05 Å². The highest BCUT2D eigenvalue weighted by Crippen LogP contribution is 2.15. The van der Waals surface area contributed by atoms with E-state index in [9.17, 15) is 0 Å². The van der Waals surface area contributed by atoms with E-state index >= 15 is 0 Å². The lowest BCUT2D eigenvalue weighted by molar-refractivity contribution is 0.246. The van der Waals surface area contributed by atoms with E-state index in [1.807, 2.05) is 25.6 Å². The fourth-order valence-corrected chi connectivity index (χ4v) is 1.38. The molecule has 1 unspecified atom stereocenters. The molecule has 4 heteroatoms. The van der Waals surface area contributed by atoms with Gasteiger partial charge >= 0.3 is 0 Å². The summed E-state index contributed by atoms with van der Waals surface area (Å²) < 4.78 is 1.81. The molecular weight excluding hydrogens is 166 g/mol. The number of aliphatic hydroxyl groups excluding tert-OH is 1. The lowest BCUT2D eigenvalue weighted by Gasteiger charge is -2.14. The summed E-state index contributed by atoms with van der Waals surface area (Å²) in [6.07, 6.45) is 1.80. The van der Waals surface area contributed by atoms with Crippen LogP contribution in [0.5, 0.6) is 0 Å². The van der Waals surface area contributed by atoms with Crippen molar-refractivity contribution in [3.63, 3.8) is 0 Å².